The van der Waals surface area contributed by atoms with E-state index in [1.165, 1.54) is 0 Å². The summed E-state index contributed by atoms with van der Waals surface area (Å²) in [5, 5.41) is 5.97. The zero-order chi connectivity index (χ0) is 14.5. The Morgan fingerprint density at radius 1 is 1.30 bits per heavy atom. The molecule has 0 aromatic heterocycles. The molecule has 6 nitrogen and oxygen atoms in total. The normalized spacial score (nSPS) is 30.3. The fourth-order valence-electron chi connectivity index (χ4n) is 3.11. The second-order valence-electron chi connectivity index (χ2n) is 5.47. The fraction of sp³-hybridized carbons (Fsp3) is 0.857. The highest BCUT2D eigenvalue weighted by atomic mass is 16.5. The highest BCUT2D eigenvalue weighted by Crippen LogP contribution is 2.23. The molecule has 2 amide bonds. The first-order valence-corrected chi connectivity index (χ1v) is 7.52. The Labute approximate surface area is 120 Å². The summed E-state index contributed by atoms with van der Waals surface area (Å²) in [6.45, 7) is 4.53. The first-order chi connectivity index (χ1) is 9.69. The van der Waals surface area contributed by atoms with Crippen LogP contribution in [-0.2, 0) is 14.3 Å². The van der Waals surface area contributed by atoms with Gasteiger partial charge in [0.15, 0.2) is 0 Å². The van der Waals surface area contributed by atoms with E-state index in [2.05, 4.69) is 10.6 Å². The third kappa shape index (κ3) is 3.12. The summed E-state index contributed by atoms with van der Waals surface area (Å²) in [6.07, 6.45) is 2.73. The van der Waals surface area contributed by atoms with E-state index < -0.39 is 0 Å². The van der Waals surface area contributed by atoms with Crippen LogP contribution in [0.25, 0.3) is 0 Å². The lowest BCUT2D eigenvalue weighted by Gasteiger charge is -2.36. The van der Waals surface area contributed by atoms with Crippen molar-refractivity contribution in [3.8, 4) is 0 Å². The van der Waals surface area contributed by atoms with Crippen LogP contribution in [0.4, 0.5) is 0 Å². The minimum Gasteiger partial charge on any atom is -0.379 e. The van der Waals surface area contributed by atoms with Crippen molar-refractivity contribution in [2.24, 2.45) is 5.92 Å². The number of nitrogens with zero attached hydrogens (tertiary/aromatic N) is 1. The van der Waals surface area contributed by atoms with Crippen LogP contribution in [0.1, 0.15) is 26.2 Å². The second-order valence-corrected chi connectivity index (χ2v) is 5.47. The lowest BCUT2D eigenvalue weighted by atomic mass is 9.96. The number of ether oxygens (including phenoxy) is 1. The number of nitrogens with one attached hydrogen (secondary N) is 2. The van der Waals surface area contributed by atoms with Crippen molar-refractivity contribution in [2.75, 3.05) is 33.4 Å². The van der Waals surface area contributed by atoms with E-state index in [4.69, 9.17) is 4.74 Å². The van der Waals surface area contributed by atoms with Gasteiger partial charge in [0, 0.05) is 19.6 Å². The van der Waals surface area contributed by atoms with Crippen LogP contribution in [0, 0.1) is 5.92 Å². The standard InChI is InChI=1S/C14H25N3O3/c1-3-16-11-9-20-8-10(11)14(19)17-7-5-4-6-12(17)13(18)15-2/h10-12,16H,3-9H2,1-2H3,(H,15,18). The van der Waals surface area contributed by atoms with E-state index >= 15 is 0 Å². The third-order valence-corrected chi connectivity index (χ3v) is 4.20. The number of piperidine rings is 1. The monoisotopic (exact) mass is 283 g/mol. The number of amides is 2. The van der Waals surface area contributed by atoms with Gasteiger partial charge in [0.2, 0.25) is 11.8 Å². The van der Waals surface area contributed by atoms with Gasteiger partial charge in [-0.25, -0.2) is 0 Å². The molecule has 6 heteroatoms. The van der Waals surface area contributed by atoms with Crippen molar-refractivity contribution in [2.45, 2.75) is 38.3 Å². The van der Waals surface area contributed by atoms with Crippen LogP contribution in [0.3, 0.4) is 0 Å². The average Bonchev–Trinajstić information content (AvgIpc) is 2.94. The number of likely N-dealkylation sites (tertiary alicyclic amines) is 1. The van der Waals surface area contributed by atoms with Crippen molar-refractivity contribution in [1.29, 1.82) is 0 Å². The summed E-state index contributed by atoms with van der Waals surface area (Å²) in [6, 6.07) is -0.246. The smallest absolute Gasteiger partial charge is 0.242 e. The van der Waals surface area contributed by atoms with Crippen LogP contribution in [0.15, 0.2) is 0 Å². The molecule has 2 aliphatic heterocycles. The van der Waals surface area contributed by atoms with Gasteiger partial charge in [-0.15, -0.1) is 0 Å². The average molecular weight is 283 g/mol. The molecule has 0 bridgehead atoms. The maximum absolute atomic E-state index is 12.7. The van der Waals surface area contributed by atoms with Gasteiger partial charge in [0.05, 0.1) is 19.1 Å². The molecule has 2 N–H and O–H groups in total. The lowest BCUT2D eigenvalue weighted by Crippen LogP contribution is -2.55. The summed E-state index contributed by atoms with van der Waals surface area (Å²) in [4.78, 5) is 26.5. The van der Waals surface area contributed by atoms with Gasteiger partial charge >= 0.3 is 0 Å². The van der Waals surface area contributed by atoms with Crippen LogP contribution in [-0.4, -0.2) is 62.1 Å². The highest BCUT2D eigenvalue weighted by molar-refractivity contribution is 5.89. The summed E-state index contributed by atoms with van der Waals surface area (Å²) in [7, 11) is 1.62. The number of carbonyl (C=O) groups is 2. The molecule has 0 spiro atoms. The van der Waals surface area contributed by atoms with E-state index in [1.54, 1.807) is 11.9 Å². The number of rotatable bonds is 4. The maximum atomic E-state index is 12.7. The Balaban J connectivity index is 2.07. The van der Waals surface area contributed by atoms with Gasteiger partial charge in [-0.3, -0.25) is 9.59 Å². The Morgan fingerprint density at radius 3 is 2.80 bits per heavy atom. The van der Waals surface area contributed by atoms with E-state index in [1.807, 2.05) is 6.92 Å². The van der Waals surface area contributed by atoms with Gasteiger partial charge in [-0.05, 0) is 25.8 Å². The number of hydrogen-bond acceptors (Lipinski definition) is 4. The van der Waals surface area contributed by atoms with Crippen molar-refractivity contribution in [1.82, 2.24) is 15.5 Å². The van der Waals surface area contributed by atoms with Crippen molar-refractivity contribution < 1.29 is 14.3 Å². The molecule has 2 aliphatic rings. The van der Waals surface area contributed by atoms with Crippen LogP contribution in [0.5, 0.6) is 0 Å². The summed E-state index contributed by atoms with van der Waals surface area (Å²) < 4.78 is 5.45. The van der Waals surface area contributed by atoms with Crippen molar-refractivity contribution >= 4 is 11.8 Å². The fourth-order valence-corrected chi connectivity index (χ4v) is 3.11. The summed E-state index contributed by atoms with van der Waals surface area (Å²) in [5.41, 5.74) is 0. The molecule has 0 aromatic carbocycles. The molecule has 2 rings (SSSR count). The Bertz CT molecular complexity index is 362. The largest absolute Gasteiger partial charge is 0.379 e. The van der Waals surface area contributed by atoms with Gasteiger partial charge in [0.25, 0.3) is 0 Å². The topological polar surface area (TPSA) is 70.7 Å². The van der Waals surface area contributed by atoms with E-state index in [-0.39, 0.29) is 29.8 Å². The quantitative estimate of drug-likeness (QED) is 0.746. The Morgan fingerprint density at radius 2 is 2.10 bits per heavy atom. The van der Waals surface area contributed by atoms with Crippen LogP contribution >= 0.6 is 0 Å². The molecule has 0 saturated carbocycles. The minimum atomic E-state index is -0.316. The second kappa shape index (κ2) is 7.04. The molecule has 3 atom stereocenters. The highest BCUT2D eigenvalue weighted by Gasteiger charge is 2.40. The number of likely N-dealkylation sites (N-methyl/N-ethyl adjacent to an activating group) is 2. The van der Waals surface area contributed by atoms with E-state index in [0.29, 0.717) is 19.8 Å². The first-order valence-electron chi connectivity index (χ1n) is 7.52. The van der Waals surface area contributed by atoms with Crippen LogP contribution < -0.4 is 10.6 Å². The molecule has 2 heterocycles. The Hall–Kier alpha value is -1.14. The maximum Gasteiger partial charge on any atom is 0.242 e. The predicted octanol–water partition coefficient (Wildman–Crippen LogP) is -0.262. The number of carbonyl (C=O) groups excluding carboxylic acids is 2. The summed E-state index contributed by atoms with van der Waals surface area (Å²) in [5.74, 6) is -0.168. The first kappa shape index (κ1) is 15.3. The van der Waals surface area contributed by atoms with E-state index in [9.17, 15) is 9.59 Å². The lowest BCUT2D eigenvalue weighted by molar-refractivity contribution is -0.145. The SMILES string of the molecule is CCNC1COCC1C(=O)N1CCCCC1C(=O)NC. The molecule has 20 heavy (non-hydrogen) atoms. The summed E-state index contributed by atoms with van der Waals surface area (Å²) >= 11 is 0. The molecule has 114 valence electrons. The minimum absolute atomic E-state index is 0.0572. The molecule has 0 aliphatic carbocycles. The van der Waals surface area contributed by atoms with Gasteiger partial charge in [0.1, 0.15) is 6.04 Å². The molecule has 0 aromatic rings. The molecule has 2 fully saturated rings. The molecule has 3 unspecified atom stereocenters. The number of hydrogen-bond donors (Lipinski definition) is 2. The zero-order valence-electron chi connectivity index (χ0n) is 12.4. The van der Waals surface area contributed by atoms with Crippen molar-refractivity contribution in [3.05, 3.63) is 0 Å². The Kier molecular flexibility index (Phi) is 5.37. The third-order valence-electron chi connectivity index (χ3n) is 4.20. The zero-order valence-corrected chi connectivity index (χ0v) is 12.4. The van der Waals surface area contributed by atoms with Gasteiger partial charge < -0.3 is 20.3 Å². The van der Waals surface area contributed by atoms with Crippen LogP contribution in [0.2, 0.25) is 0 Å². The van der Waals surface area contributed by atoms with Gasteiger partial charge in [-0.1, -0.05) is 6.92 Å². The van der Waals surface area contributed by atoms with E-state index in [0.717, 1.165) is 25.8 Å². The molecular weight excluding hydrogens is 258 g/mol. The molecule has 0 radical (unpaired) electrons. The van der Waals surface area contributed by atoms with Gasteiger partial charge in [-0.2, -0.15) is 0 Å². The molecular formula is C14H25N3O3. The predicted molar refractivity (Wildman–Crippen MR) is 75.2 cm³/mol. The van der Waals surface area contributed by atoms with Crippen molar-refractivity contribution in [3.63, 3.8) is 0 Å². The molecule has 2 saturated heterocycles.